The molecule has 0 radical (unpaired) electrons. The quantitative estimate of drug-likeness (QED) is 0.765. The first-order valence-corrected chi connectivity index (χ1v) is 5.17. The van der Waals surface area contributed by atoms with Gasteiger partial charge in [-0.1, -0.05) is 0 Å². The molecule has 1 fully saturated rings. The van der Waals surface area contributed by atoms with Crippen molar-refractivity contribution < 1.29 is 5.11 Å². The van der Waals surface area contributed by atoms with Crippen molar-refractivity contribution in [2.45, 2.75) is 25.9 Å². The van der Waals surface area contributed by atoms with Gasteiger partial charge in [-0.05, 0) is 13.8 Å². The molecule has 2 atom stereocenters. The van der Waals surface area contributed by atoms with Gasteiger partial charge in [-0.15, -0.1) is 12.4 Å². The summed E-state index contributed by atoms with van der Waals surface area (Å²) in [7, 11) is 0. The maximum Gasteiger partial charge on any atom is 0.225 e. The van der Waals surface area contributed by atoms with Crippen LogP contribution < -0.4 is 10.2 Å². The van der Waals surface area contributed by atoms with Crippen LogP contribution in [0.4, 0.5) is 5.95 Å². The number of rotatable bonds is 1. The minimum Gasteiger partial charge on any atom is -0.505 e. The topological polar surface area (TPSA) is 61.3 Å². The number of nitrogens with zero attached hydrogens (tertiary/aromatic N) is 3. The van der Waals surface area contributed by atoms with E-state index in [2.05, 4.69) is 34.0 Å². The van der Waals surface area contributed by atoms with Gasteiger partial charge in [0.2, 0.25) is 5.95 Å². The molecular formula is C10H17ClN4O. The summed E-state index contributed by atoms with van der Waals surface area (Å²) in [6.45, 7) is 6.08. The summed E-state index contributed by atoms with van der Waals surface area (Å²) in [6, 6.07) is 0.873. The molecule has 6 heteroatoms. The molecule has 0 amide bonds. The number of aromatic nitrogens is 2. The van der Waals surface area contributed by atoms with Gasteiger partial charge in [0.1, 0.15) is 0 Å². The number of nitrogens with one attached hydrogen (secondary N) is 1. The fraction of sp³-hybridized carbons (Fsp3) is 0.600. The van der Waals surface area contributed by atoms with E-state index in [0.29, 0.717) is 18.0 Å². The van der Waals surface area contributed by atoms with E-state index in [9.17, 15) is 0 Å². The number of hydrogen-bond donors (Lipinski definition) is 2. The molecule has 5 nitrogen and oxygen atoms in total. The van der Waals surface area contributed by atoms with Crippen LogP contribution in [-0.2, 0) is 0 Å². The Morgan fingerprint density at radius 3 is 2.25 bits per heavy atom. The Bertz CT molecular complexity index is 322. The van der Waals surface area contributed by atoms with Crippen LogP contribution in [0.25, 0.3) is 0 Å². The number of piperazine rings is 1. The van der Waals surface area contributed by atoms with Crippen LogP contribution in [0.3, 0.4) is 0 Å². The molecular weight excluding hydrogens is 228 g/mol. The molecule has 1 aromatic rings. The van der Waals surface area contributed by atoms with E-state index >= 15 is 0 Å². The van der Waals surface area contributed by atoms with Gasteiger partial charge in [0.25, 0.3) is 0 Å². The third-order valence-corrected chi connectivity index (χ3v) is 2.46. The third-order valence-electron chi connectivity index (χ3n) is 2.46. The van der Waals surface area contributed by atoms with Gasteiger partial charge in [0.15, 0.2) is 5.75 Å². The highest BCUT2D eigenvalue weighted by atomic mass is 35.5. The predicted molar refractivity (Wildman–Crippen MR) is 65.2 cm³/mol. The van der Waals surface area contributed by atoms with Crippen LogP contribution in [0.15, 0.2) is 12.4 Å². The minimum atomic E-state index is 0. The average molecular weight is 245 g/mol. The molecule has 2 N–H and O–H groups in total. The largest absolute Gasteiger partial charge is 0.505 e. The van der Waals surface area contributed by atoms with Crippen molar-refractivity contribution >= 4 is 18.4 Å². The zero-order valence-corrected chi connectivity index (χ0v) is 10.2. The van der Waals surface area contributed by atoms with Crippen molar-refractivity contribution in [3.63, 3.8) is 0 Å². The monoisotopic (exact) mass is 244 g/mol. The lowest BCUT2D eigenvalue weighted by molar-refractivity contribution is 0.402. The molecule has 0 aromatic carbocycles. The first kappa shape index (κ1) is 13.0. The average Bonchev–Trinajstić information content (AvgIpc) is 2.17. The summed E-state index contributed by atoms with van der Waals surface area (Å²) in [6.07, 6.45) is 2.86. The van der Waals surface area contributed by atoms with Gasteiger partial charge in [0, 0.05) is 25.2 Å². The fourth-order valence-electron chi connectivity index (χ4n) is 1.97. The van der Waals surface area contributed by atoms with Gasteiger partial charge in [0.05, 0.1) is 12.4 Å². The molecule has 0 bridgehead atoms. The second-order valence-corrected chi connectivity index (χ2v) is 4.12. The van der Waals surface area contributed by atoms with Crippen molar-refractivity contribution in [1.29, 1.82) is 0 Å². The van der Waals surface area contributed by atoms with Crippen LogP contribution in [0.2, 0.25) is 0 Å². The van der Waals surface area contributed by atoms with Crippen LogP contribution in [0.5, 0.6) is 5.75 Å². The normalized spacial score (nSPS) is 25.0. The summed E-state index contributed by atoms with van der Waals surface area (Å²) in [4.78, 5) is 10.3. The summed E-state index contributed by atoms with van der Waals surface area (Å²) in [5, 5.41) is 12.5. The lowest BCUT2D eigenvalue weighted by Crippen LogP contribution is -2.54. The SMILES string of the molecule is C[C@@H]1CN(c2ncc(O)cn2)C[C@H](C)N1.Cl. The Labute approximate surface area is 101 Å². The molecule has 90 valence electrons. The fourth-order valence-corrected chi connectivity index (χ4v) is 1.97. The van der Waals surface area contributed by atoms with Crippen LogP contribution >= 0.6 is 12.4 Å². The molecule has 2 rings (SSSR count). The van der Waals surface area contributed by atoms with E-state index in [1.54, 1.807) is 0 Å². The summed E-state index contributed by atoms with van der Waals surface area (Å²) >= 11 is 0. The summed E-state index contributed by atoms with van der Waals surface area (Å²) < 4.78 is 0. The van der Waals surface area contributed by atoms with Gasteiger partial charge in [-0.25, -0.2) is 9.97 Å². The smallest absolute Gasteiger partial charge is 0.225 e. The number of halogens is 1. The van der Waals surface area contributed by atoms with E-state index in [1.165, 1.54) is 12.4 Å². The van der Waals surface area contributed by atoms with Gasteiger partial charge < -0.3 is 15.3 Å². The van der Waals surface area contributed by atoms with Gasteiger partial charge in [-0.2, -0.15) is 0 Å². The molecule has 1 aromatic heterocycles. The molecule has 0 spiro atoms. The first-order valence-electron chi connectivity index (χ1n) is 5.17. The molecule has 0 saturated carbocycles. The Kier molecular flexibility index (Phi) is 4.32. The second-order valence-electron chi connectivity index (χ2n) is 4.12. The molecule has 0 unspecified atom stereocenters. The van der Waals surface area contributed by atoms with Crippen molar-refractivity contribution in [2.75, 3.05) is 18.0 Å². The van der Waals surface area contributed by atoms with E-state index in [-0.39, 0.29) is 18.2 Å². The minimum absolute atomic E-state index is 0. The highest BCUT2D eigenvalue weighted by Crippen LogP contribution is 2.13. The van der Waals surface area contributed by atoms with Crippen LogP contribution in [0.1, 0.15) is 13.8 Å². The molecule has 16 heavy (non-hydrogen) atoms. The van der Waals surface area contributed by atoms with Crippen molar-refractivity contribution in [3.05, 3.63) is 12.4 Å². The number of anilines is 1. The molecule has 2 heterocycles. The Morgan fingerprint density at radius 2 is 1.75 bits per heavy atom. The zero-order chi connectivity index (χ0) is 10.8. The molecule has 1 saturated heterocycles. The Morgan fingerprint density at radius 1 is 1.25 bits per heavy atom. The van der Waals surface area contributed by atoms with E-state index in [1.807, 2.05) is 0 Å². The maximum absolute atomic E-state index is 9.10. The van der Waals surface area contributed by atoms with Gasteiger partial charge in [-0.3, -0.25) is 0 Å². The molecule has 1 aliphatic rings. The second kappa shape index (κ2) is 5.32. The standard InChI is InChI=1S/C10H16N4O.ClH/c1-7-5-14(6-8(2)13-7)10-11-3-9(15)4-12-10;/h3-4,7-8,13,15H,5-6H2,1-2H3;1H/t7-,8+;. The Balaban J connectivity index is 0.00000128. The maximum atomic E-state index is 9.10. The lowest BCUT2D eigenvalue weighted by atomic mass is 10.1. The summed E-state index contributed by atoms with van der Waals surface area (Å²) in [5.41, 5.74) is 0. The third kappa shape index (κ3) is 2.96. The lowest BCUT2D eigenvalue weighted by Gasteiger charge is -2.36. The van der Waals surface area contributed by atoms with E-state index < -0.39 is 0 Å². The van der Waals surface area contributed by atoms with Crippen LogP contribution in [-0.4, -0.2) is 40.2 Å². The van der Waals surface area contributed by atoms with Gasteiger partial charge >= 0.3 is 0 Å². The predicted octanol–water partition coefficient (Wildman–Crippen LogP) is 0.791. The molecule has 1 aliphatic heterocycles. The van der Waals surface area contributed by atoms with Crippen molar-refractivity contribution in [2.24, 2.45) is 0 Å². The summed E-state index contributed by atoms with van der Waals surface area (Å²) in [5.74, 6) is 0.794. The zero-order valence-electron chi connectivity index (χ0n) is 9.42. The van der Waals surface area contributed by atoms with E-state index in [0.717, 1.165) is 13.1 Å². The number of hydrogen-bond acceptors (Lipinski definition) is 5. The highest BCUT2D eigenvalue weighted by molar-refractivity contribution is 5.85. The van der Waals surface area contributed by atoms with Crippen molar-refractivity contribution in [3.8, 4) is 5.75 Å². The first-order chi connectivity index (χ1) is 7.15. The van der Waals surface area contributed by atoms with E-state index in [4.69, 9.17) is 5.11 Å². The number of aromatic hydroxyl groups is 1. The Hall–Kier alpha value is -1.07. The van der Waals surface area contributed by atoms with Crippen molar-refractivity contribution in [1.82, 2.24) is 15.3 Å². The highest BCUT2D eigenvalue weighted by Gasteiger charge is 2.22. The van der Waals surface area contributed by atoms with Crippen LogP contribution in [0, 0.1) is 0 Å². The molecule has 0 aliphatic carbocycles.